The lowest BCUT2D eigenvalue weighted by molar-refractivity contribution is 0.0696. The Kier molecular flexibility index (Phi) is 3.36. The van der Waals surface area contributed by atoms with Crippen molar-refractivity contribution in [1.82, 2.24) is 15.0 Å². The van der Waals surface area contributed by atoms with Gasteiger partial charge in [-0.1, -0.05) is 17.3 Å². The van der Waals surface area contributed by atoms with E-state index < -0.39 is 0 Å². The number of carbonyl (C=O) groups is 1. The van der Waals surface area contributed by atoms with Crippen molar-refractivity contribution in [3.8, 4) is 0 Å². The van der Waals surface area contributed by atoms with Gasteiger partial charge in [-0.2, -0.15) is 0 Å². The molecule has 1 amide bonds. The molecule has 1 aromatic carbocycles. The molecular weight excluding hydrogens is 318 g/mol. The number of rotatable bonds is 3. The predicted octanol–water partition coefficient (Wildman–Crippen LogP) is 3.71. The summed E-state index contributed by atoms with van der Waals surface area (Å²) in [6.45, 7) is 1.38. The zero-order valence-corrected chi connectivity index (χ0v) is 13.9. The van der Waals surface area contributed by atoms with Crippen LogP contribution in [-0.4, -0.2) is 34.0 Å². The van der Waals surface area contributed by atoms with Crippen molar-refractivity contribution >= 4 is 17.0 Å². The molecule has 3 aromatic rings. The van der Waals surface area contributed by atoms with E-state index in [4.69, 9.17) is 8.94 Å². The maximum absolute atomic E-state index is 12.6. The topological polar surface area (TPSA) is 72.4 Å². The first-order valence-electron chi connectivity index (χ1n) is 8.89. The maximum Gasteiger partial charge on any atom is 0.276 e. The minimum absolute atomic E-state index is 0.0355. The van der Waals surface area contributed by atoms with Crippen LogP contribution in [0.1, 0.15) is 59.7 Å². The van der Waals surface area contributed by atoms with E-state index in [-0.39, 0.29) is 11.8 Å². The van der Waals surface area contributed by atoms with Crippen LogP contribution >= 0.6 is 0 Å². The van der Waals surface area contributed by atoms with Crippen LogP contribution in [-0.2, 0) is 0 Å². The molecule has 0 N–H and O–H groups in total. The van der Waals surface area contributed by atoms with Gasteiger partial charge in [0.1, 0.15) is 11.3 Å². The maximum atomic E-state index is 12.6. The van der Waals surface area contributed by atoms with E-state index in [1.54, 1.807) is 0 Å². The summed E-state index contributed by atoms with van der Waals surface area (Å²) in [5.41, 5.74) is 2.15. The molecular formula is C19H19N3O3. The molecule has 1 aliphatic heterocycles. The van der Waals surface area contributed by atoms with Crippen LogP contribution in [0.5, 0.6) is 0 Å². The van der Waals surface area contributed by atoms with Gasteiger partial charge in [0.2, 0.25) is 0 Å². The van der Waals surface area contributed by atoms with Gasteiger partial charge >= 0.3 is 0 Å². The zero-order valence-electron chi connectivity index (χ0n) is 13.9. The van der Waals surface area contributed by atoms with Gasteiger partial charge in [0.05, 0.1) is 0 Å². The van der Waals surface area contributed by atoms with E-state index in [1.807, 2.05) is 35.2 Å². The minimum Gasteiger partial charge on any atom is -0.440 e. The molecule has 6 heteroatoms. The van der Waals surface area contributed by atoms with Gasteiger partial charge in [0.25, 0.3) is 5.91 Å². The molecule has 2 aliphatic rings. The Balaban J connectivity index is 1.26. The lowest BCUT2D eigenvalue weighted by atomic mass is 9.96. The fourth-order valence-corrected chi connectivity index (χ4v) is 3.51. The SMILES string of the molecule is O=C(c1cc(C2CC2)on1)N1CCC(c2nc3ccccc3o2)CC1. The van der Waals surface area contributed by atoms with Crippen molar-refractivity contribution in [2.24, 2.45) is 0 Å². The van der Waals surface area contributed by atoms with E-state index in [9.17, 15) is 4.79 Å². The molecule has 0 atom stereocenters. The molecule has 5 rings (SSSR count). The Labute approximate surface area is 144 Å². The second-order valence-electron chi connectivity index (χ2n) is 6.98. The van der Waals surface area contributed by atoms with Crippen molar-refractivity contribution in [2.75, 3.05) is 13.1 Å². The standard InChI is InChI=1S/C19H19N3O3/c23-19(15-11-17(25-21-15)12-5-6-12)22-9-7-13(8-10-22)18-20-14-3-1-2-4-16(14)24-18/h1-4,11-13H,5-10H2. The number of piperidine rings is 1. The molecule has 2 aromatic heterocycles. The molecule has 2 fully saturated rings. The third kappa shape index (κ3) is 2.71. The highest BCUT2D eigenvalue weighted by Gasteiger charge is 2.32. The first-order valence-corrected chi connectivity index (χ1v) is 8.89. The normalized spacial score (nSPS) is 18.8. The van der Waals surface area contributed by atoms with Crippen LogP contribution in [0.2, 0.25) is 0 Å². The molecule has 128 valence electrons. The number of hydrogen-bond donors (Lipinski definition) is 0. The van der Waals surface area contributed by atoms with Gasteiger partial charge in [0.15, 0.2) is 17.2 Å². The molecule has 0 bridgehead atoms. The van der Waals surface area contributed by atoms with Gasteiger partial charge in [-0.15, -0.1) is 0 Å². The van der Waals surface area contributed by atoms with Crippen LogP contribution in [0.4, 0.5) is 0 Å². The largest absolute Gasteiger partial charge is 0.440 e. The minimum atomic E-state index is -0.0355. The molecule has 25 heavy (non-hydrogen) atoms. The van der Waals surface area contributed by atoms with Crippen molar-refractivity contribution in [2.45, 2.75) is 37.5 Å². The average molecular weight is 337 g/mol. The number of aromatic nitrogens is 2. The molecule has 0 unspecified atom stereocenters. The van der Waals surface area contributed by atoms with E-state index in [2.05, 4.69) is 10.1 Å². The van der Waals surface area contributed by atoms with Crippen LogP contribution in [0, 0.1) is 0 Å². The Hall–Kier alpha value is -2.63. The summed E-state index contributed by atoms with van der Waals surface area (Å²) < 4.78 is 11.2. The number of amides is 1. The lowest BCUT2D eigenvalue weighted by Gasteiger charge is -2.29. The fraction of sp³-hybridized carbons (Fsp3) is 0.421. The van der Waals surface area contributed by atoms with Crippen molar-refractivity contribution in [3.05, 3.63) is 47.7 Å². The molecule has 1 aliphatic carbocycles. The van der Waals surface area contributed by atoms with Gasteiger partial charge < -0.3 is 13.8 Å². The number of nitrogens with zero attached hydrogens (tertiary/aromatic N) is 3. The predicted molar refractivity (Wildman–Crippen MR) is 90.4 cm³/mol. The van der Waals surface area contributed by atoms with Crippen LogP contribution in [0.3, 0.4) is 0 Å². The summed E-state index contributed by atoms with van der Waals surface area (Å²) in [6, 6.07) is 9.62. The highest BCUT2D eigenvalue weighted by Crippen LogP contribution is 2.40. The molecule has 6 nitrogen and oxygen atoms in total. The molecule has 1 saturated heterocycles. The highest BCUT2D eigenvalue weighted by molar-refractivity contribution is 5.92. The number of para-hydroxylation sites is 2. The smallest absolute Gasteiger partial charge is 0.276 e. The van der Waals surface area contributed by atoms with Gasteiger partial charge in [-0.05, 0) is 37.8 Å². The molecule has 0 radical (unpaired) electrons. The van der Waals surface area contributed by atoms with Crippen LogP contribution in [0.25, 0.3) is 11.1 Å². The zero-order chi connectivity index (χ0) is 16.8. The molecule has 1 saturated carbocycles. The van der Waals surface area contributed by atoms with Crippen molar-refractivity contribution in [3.63, 3.8) is 0 Å². The van der Waals surface area contributed by atoms with Gasteiger partial charge in [0, 0.05) is 31.0 Å². The van der Waals surface area contributed by atoms with E-state index in [0.29, 0.717) is 24.7 Å². The van der Waals surface area contributed by atoms with Crippen molar-refractivity contribution in [1.29, 1.82) is 0 Å². The lowest BCUT2D eigenvalue weighted by Crippen LogP contribution is -2.38. The van der Waals surface area contributed by atoms with E-state index >= 15 is 0 Å². The second-order valence-corrected chi connectivity index (χ2v) is 6.98. The van der Waals surface area contributed by atoms with E-state index in [1.165, 1.54) is 0 Å². The third-order valence-electron chi connectivity index (χ3n) is 5.17. The highest BCUT2D eigenvalue weighted by atomic mass is 16.5. The van der Waals surface area contributed by atoms with E-state index in [0.717, 1.165) is 48.4 Å². The Bertz CT molecular complexity index is 884. The Morgan fingerprint density at radius 2 is 1.88 bits per heavy atom. The van der Waals surface area contributed by atoms with Gasteiger partial charge in [-0.3, -0.25) is 4.79 Å². The molecule has 0 spiro atoms. The number of likely N-dealkylation sites (tertiary alicyclic amines) is 1. The first kappa shape index (κ1) is 14.7. The number of carbonyl (C=O) groups excluding carboxylic acids is 1. The third-order valence-corrected chi connectivity index (χ3v) is 5.17. The number of hydrogen-bond acceptors (Lipinski definition) is 5. The number of fused-ring (bicyclic) bond motifs is 1. The summed E-state index contributed by atoms with van der Waals surface area (Å²) in [6.07, 6.45) is 3.98. The van der Waals surface area contributed by atoms with Crippen molar-refractivity contribution < 1.29 is 13.7 Å². The monoisotopic (exact) mass is 337 g/mol. The summed E-state index contributed by atoms with van der Waals surface area (Å²) in [4.78, 5) is 19.1. The Morgan fingerprint density at radius 3 is 2.64 bits per heavy atom. The quantitative estimate of drug-likeness (QED) is 0.728. The fourth-order valence-electron chi connectivity index (χ4n) is 3.51. The average Bonchev–Trinajstić information content (AvgIpc) is 3.22. The summed E-state index contributed by atoms with van der Waals surface area (Å²) in [5.74, 6) is 2.33. The number of oxazole rings is 1. The molecule has 3 heterocycles. The second kappa shape index (κ2) is 5.72. The Morgan fingerprint density at radius 1 is 1.08 bits per heavy atom. The summed E-state index contributed by atoms with van der Waals surface area (Å²) in [5, 5.41) is 3.96. The first-order chi connectivity index (χ1) is 12.3. The van der Waals surface area contributed by atoms with Crippen LogP contribution < -0.4 is 0 Å². The van der Waals surface area contributed by atoms with Gasteiger partial charge in [-0.25, -0.2) is 4.98 Å². The summed E-state index contributed by atoms with van der Waals surface area (Å²) in [7, 11) is 0. The van der Waals surface area contributed by atoms with Crippen LogP contribution in [0.15, 0.2) is 39.3 Å². The number of benzene rings is 1. The summed E-state index contributed by atoms with van der Waals surface area (Å²) >= 11 is 0.